The van der Waals surface area contributed by atoms with Crippen LogP contribution >= 0.6 is 0 Å². The molecule has 0 saturated heterocycles. The Hall–Kier alpha value is -6.68. The SMILES string of the molecule is CCCCCCCCOc1cc2c(cc1OCCCCCCCC)c1cc3c(=O)n(C(CCCCCCC)CCCCCCC)c(=O)c4cc5c6cc(OCCCCCCCC)c(OCCCCCCCC)cc6c6cc7c(=O)n(C(CCCCCCC)CCCCCCC)c(=O)c8cc2c2c1c(c34)c5c6c2c87. The maximum atomic E-state index is 16.6. The van der Waals surface area contributed by atoms with Gasteiger partial charge < -0.3 is 18.9 Å². The minimum absolute atomic E-state index is 0.222. The molecule has 588 valence electrons. The number of aromatic nitrogens is 2. The molecule has 0 aliphatic carbocycles. The van der Waals surface area contributed by atoms with Gasteiger partial charge in [0.05, 0.1) is 26.4 Å². The van der Waals surface area contributed by atoms with E-state index in [1.165, 1.54) is 103 Å². The Kier molecular flexibility index (Phi) is 32.1. The summed E-state index contributed by atoms with van der Waals surface area (Å²) in [6.07, 6.45) is 52.0. The van der Waals surface area contributed by atoms with Gasteiger partial charge in [-0.2, -0.15) is 0 Å². The molecular formula is C98H138N2O8. The van der Waals surface area contributed by atoms with Gasteiger partial charge in [0.15, 0.2) is 23.0 Å². The molecule has 2 heterocycles. The summed E-state index contributed by atoms with van der Waals surface area (Å²) in [5.41, 5.74) is -0.890. The van der Waals surface area contributed by atoms with Gasteiger partial charge in [0.25, 0.3) is 22.2 Å². The van der Waals surface area contributed by atoms with Crippen LogP contribution in [0.15, 0.2) is 67.7 Å². The van der Waals surface area contributed by atoms with Crippen LogP contribution in [0.5, 0.6) is 23.0 Å². The molecule has 0 unspecified atom stereocenters. The van der Waals surface area contributed by atoms with E-state index in [-0.39, 0.29) is 34.3 Å². The lowest BCUT2D eigenvalue weighted by Gasteiger charge is -2.28. The van der Waals surface area contributed by atoms with Crippen LogP contribution in [-0.4, -0.2) is 35.6 Å². The Morgan fingerprint density at radius 3 is 0.593 bits per heavy atom. The normalized spacial score (nSPS) is 12.5. The minimum Gasteiger partial charge on any atom is -0.490 e. The van der Waals surface area contributed by atoms with E-state index in [9.17, 15) is 0 Å². The van der Waals surface area contributed by atoms with Crippen molar-refractivity contribution in [2.45, 2.75) is 376 Å². The van der Waals surface area contributed by atoms with E-state index in [2.05, 4.69) is 104 Å². The number of hydrogen-bond donors (Lipinski definition) is 0. The van der Waals surface area contributed by atoms with Gasteiger partial charge in [-0.15, -0.1) is 0 Å². The zero-order chi connectivity index (χ0) is 75.7. The first-order valence-electron chi connectivity index (χ1n) is 45.1. The number of benzene rings is 9. The second-order valence-corrected chi connectivity index (χ2v) is 33.1. The molecule has 0 N–H and O–H groups in total. The maximum absolute atomic E-state index is 16.6. The molecule has 9 aromatic carbocycles. The fourth-order valence-electron chi connectivity index (χ4n) is 18.7. The van der Waals surface area contributed by atoms with Crippen LogP contribution in [0.4, 0.5) is 0 Å². The van der Waals surface area contributed by atoms with Crippen LogP contribution in [0.2, 0.25) is 0 Å². The Balaban J connectivity index is 1.28. The third-order valence-electron chi connectivity index (χ3n) is 24.8. The van der Waals surface area contributed by atoms with Crippen molar-refractivity contribution in [2.75, 3.05) is 26.4 Å². The second-order valence-electron chi connectivity index (χ2n) is 33.1. The zero-order valence-electron chi connectivity index (χ0n) is 68.7. The van der Waals surface area contributed by atoms with Crippen molar-refractivity contribution in [3.8, 4) is 23.0 Å². The van der Waals surface area contributed by atoms with Crippen molar-refractivity contribution in [1.82, 2.24) is 9.13 Å². The lowest BCUT2D eigenvalue weighted by molar-refractivity contribution is 0.259. The Morgan fingerprint density at radius 1 is 0.204 bits per heavy atom. The van der Waals surface area contributed by atoms with Gasteiger partial charge in [-0.25, -0.2) is 0 Å². The van der Waals surface area contributed by atoms with Gasteiger partial charge in [-0.3, -0.25) is 28.3 Å². The lowest BCUT2D eigenvalue weighted by atomic mass is 9.77. The lowest BCUT2D eigenvalue weighted by Crippen LogP contribution is -2.37. The molecule has 10 heteroatoms. The van der Waals surface area contributed by atoms with Crippen molar-refractivity contribution in [3.63, 3.8) is 0 Å². The number of hydrogen-bond acceptors (Lipinski definition) is 8. The standard InChI is InChI=1S/C98H138N2O8/c1-9-17-25-33-41-49-57-105-83-65-71-72(66-84(83)106-58-50-42-34-26-18-10-2)76-62-80-88-82(98(104)100(96(80)102)70(55-47-39-31-23-15-7)56-48-40-32-24-16-8)64-78-74-68-86(108-60-52-44-36-28-20-12-4)85(107-59-51-43-35-27-19-11-3)67-73(74)77-63-81-87-79(61-75(71)89-90(76)94(88)92(78)91(77)93(87)89)95(101)99(97(81)103)69(53-45-37-29-21-13-5)54-46-38-30-22-14-6/h61-70H,9-60H2,1-8H3. The van der Waals surface area contributed by atoms with E-state index in [1.54, 1.807) is 9.13 Å². The average Bonchev–Trinajstić information content (AvgIpc) is 0.654. The summed E-state index contributed by atoms with van der Waals surface area (Å²) in [5, 5.41) is 16.4. The Labute approximate surface area is 647 Å². The summed E-state index contributed by atoms with van der Waals surface area (Å²) >= 11 is 0. The number of pyridine rings is 2. The van der Waals surface area contributed by atoms with Crippen molar-refractivity contribution in [1.29, 1.82) is 0 Å². The fraction of sp³-hybridized carbons (Fsp3) is 0.633. The van der Waals surface area contributed by atoms with Crippen LogP contribution in [0.1, 0.15) is 376 Å². The molecule has 0 aliphatic heterocycles. The van der Waals surface area contributed by atoms with Crippen molar-refractivity contribution in [3.05, 3.63) is 89.9 Å². The first kappa shape index (κ1) is 82.3. The van der Waals surface area contributed by atoms with Crippen LogP contribution < -0.4 is 41.2 Å². The molecule has 0 amide bonds. The number of unbranched alkanes of at least 4 members (excludes halogenated alkanes) is 36. The van der Waals surface area contributed by atoms with Crippen LogP contribution in [0, 0.1) is 0 Å². The molecule has 0 atom stereocenters. The van der Waals surface area contributed by atoms with Gasteiger partial charge in [-0.05, 0) is 165 Å². The first-order valence-corrected chi connectivity index (χ1v) is 45.1. The number of rotatable bonds is 58. The highest BCUT2D eigenvalue weighted by Crippen LogP contribution is 2.57. The van der Waals surface area contributed by atoms with Crippen molar-refractivity contribution in [2.24, 2.45) is 0 Å². The molecule has 11 rings (SSSR count). The van der Waals surface area contributed by atoms with Gasteiger partial charge in [0.2, 0.25) is 0 Å². The Morgan fingerprint density at radius 2 is 0.389 bits per heavy atom. The number of fused-ring (bicyclic) bond motifs is 6. The van der Waals surface area contributed by atoms with E-state index >= 15 is 19.2 Å². The molecule has 0 spiro atoms. The zero-order valence-corrected chi connectivity index (χ0v) is 68.7. The molecule has 0 saturated carbocycles. The van der Waals surface area contributed by atoms with E-state index in [4.69, 9.17) is 18.9 Å². The third-order valence-corrected chi connectivity index (χ3v) is 24.8. The predicted molar refractivity (Wildman–Crippen MR) is 466 cm³/mol. The van der Waals surface area contributed by atoms with Crippen LogP contribution in [0.3, 0.4) is 0 Å². The van der Waals surface area contributed by atoms with Gasteiger partial charge in [0, 0.05) is 55.2 Å². The molecular weight excluding hydrogens is 1330 g/mol. The molecule has 0 radical (unpaired) electrons. The molecule has 108 heavy (non-hydrogen) atoms. The van der Waals surface area contributed by atoms with Crippen molar-refractivity contribution < 1.29 is 18.9 Å². The molecule has 0 aliphatic rings. The van der Waals surface area contributed by atoms with Crippen LogP contribution in [0.25, 0.3) is 108 Å². The Bertz CT molecular complexity index is 4210. The predicted octanol–water partition coefficient (Wildman–Crippen LogP) is 28.9. The summed E-state index contributed by atoms with van der Waals surface area (Å²) in [6, 6.07) is 16.8. The highest BCUT2D eigenvalue weighted by molar-refractivity contribution is 6.54. The number of ether oxygens (including phenoxy) is 4. The highest BCUT2D eigenvalue weighted by Gasteiger charge is 2.34. The topological polar surface area (TPSA) is 115 Å². The average molecular weight is 1470 g/mol. The monoisotopic (exact) mass is 1470 g/mol. The minimum atomic E-state index is -0.274. The number of nitrogens with zero attached hydrogens (tertiary/aromatic N) is 2. The van der Waals surface area contributed by atoms with Gasteiger partial charge in [-0.1, -0.05) is 312 Å². The highest BCUT2D eigenvalue weighted by atomic mass is 16.5. The summed E-state index contributed by atoms with van der Waals surface area (Å²) in [6.45, 7) is 20.2. The summed E-state index contributed by atoms with van der Waals surface area (Å²) < 4.78 is 31.8. The van der Waals surface area contributed by atoms with Crippen molar-refractivity contribution >= 4 is 108 Å². The van der Waals surface area contributed by atoms with E-state index in [1.807, 2.05) is 0 Å². The third kappa shape index (κ3) is 18.9. The molecule has 10 nitrogen and oxygen atoms in total. The maximum Gasteiger partial charge on any atom is 0.261 e. The van der Waals surface area contributed by atoms with E-state index in [0.29, 0.717) is 81.7 Å². The summed E-state index contributed by atoms with van der Waals surface area (Å²) in [5.74, 6) is 2.71. The quantitative estimate of drug-likeness (QED) is 0.0210. The molecule has 2 aromatic heterocycles. The van der Waals surface area contributed by atoms with Gasteiger partial charge >= 0.3 is 0 Å². The first-order chi connectivity index (χ1) is 53.1. The summed E-state index contributed by atoms with van der Waals surface area (Å²) in [4.78, 5) is 66.4. The smallest absolute Gasteiger partial charge is 0.261 e. The molecule has 0 bridgehead atoms. The van der Waals surface area contributed by atoms with E-state index in [0.717, 1.165) is 281 Å². The molecule has 11 aromatic rings. The summed E-state index contributed by atoms with van der Waals surface area (Å²) in [7, 11) is 0. The van der Waals surface area contributed by atoms with E-state index < -0.39 is 0 Å². The van der Waals surface area contributed by atoms with Crippen LogP contribution in [-0.2, 0) is 0 Å². The second kappa shape index (κ2) is 42.1. The largest absolute Gasteiger partial charge is 0.490 e. The molecule has 0 fully saturated rings. The van der Waals surface area contributed by atoms with Gasteiger partial charge in [0.1, 0.15) is 0 Å². The fourth-order valence-corrected chi connectivity index (χ4v) is 18.7.